The quantitative estimate of drug-likeness (QED) is 0.800. The molecule has 0 bridgehead atoms. The molecular weight excluding hydrogens is 278 g/mol. The van der Waals surface area contributed by atoms with E-state index in [0.717, 1.165) is 34.3 Å². The molecule has 1 aromatic heterocycles. The fourth-order valence-electron chi connectivity index (χ4n) is 1.83. The van der Waals surface area contributed by atoms with Gasteiger partial charge in [0, 0.05) is 6.42 Å². The van der Waals surface area contributed by atoms with Crippen LogP contribution in [0.5, 0.6) is 0 Å². The third-order valence-corrected chi connectivity index (χ3v) is 3.23. The maximum absolute atomic E-state index is 5.82. The van der Waals surface area contributed by atoms with Gasteiger partial charge in [-0.3, -0.25) is 0 Å². The van der Waals surface area contributed by atoms with Crippen LogP contribution in [-0.4, -0.2) is 4.98 Å². The molecule has 0 radical (unpaired) electrons. The monoisotopic (exact) mass is 295 g/mol. The molecule has 2 rings (SSSR count). The molecule has 92 valence electrons. The van der Waals surface area contributed by atoms with Crippen molar-refractivity contribution in [2.75, 3.05) is 0 Å². The van der Waals surface area contributed by atoms with E-state index in [1.54, 1.807) is 0 Å². The summed E-state index contributed by atoms with van der Waals surface area (Å²) in [5, 5.41) is 0. The highest BCUT2D eigenvalue weighted by molar-refractivity contribution is 9.10. The summed E-state index contributed by atoms with van der Waals surface area (Å²) in [6, 6.07) is 4.21. The molecule has 0 unspecified atom stereocenters. The third-order valence-electron chi connectivity index (χ3n) is 2.64. The standard InChI is InChI=1S/C14H18BrNO/c1-5-9-6-10(15)13-11(7-9)16-12(17-13)8-14(2,3)4/h6-7H,5,8H2,1-4H3. The fraction of sp³-hybridized carbons (Fsp3) is 0.500. The molecular formula is C14H18BrNO. The van der Waals surface area contributed by atoms with Crippen LogP contribution >= 0.6 is 15.9 Å². The van der Waals surface area contributed by atoms with Crippen LogP contribution in [-0.2, 0) is 12.8 Å². The molecule has 0 N–H and O–H groups in total. The first-order valence-electron chi connectivity index (χ1n) is 5.97. The van der Waals surface area contributed by atoms with E-state index in [-0.39, 0.29) is 5.41 Å². The lowest BCUT2D eigenvalue weighted by Crippen LogP contribution is -2.09. The smallest absolute Gasteiger partial charge is 0.196 e. The fourth-order valence-corrected chi connectivity index (χ4v) is 2.40. The second-order valence-electron chi connectivity index (χ2n) is 5.62. The van der Waals surface area contributed by atoms with E-state index in [2.05, 4.69) is 60.7 Å². The van der Waals surface area contributed by atoms with E-state index in [4.69, 9.17) is 4.42 Å². The van der Waals surface area contributed by atoms with Crippen LogP contribution in [0.4, 0.5) is 0 Å². The molecule has 0 spiro atoms. The van der Waals surface area contributed by atoms with Crippen LogP contribution in [0.25, 0.3) is 11.1 Å². The summed E-state index contributed by atoms with van der Waals surface area (Å²) >= 11 is 3.55. The minimum absolute atomic E-state index is 0.195. The van der Waals surface area contributed by atoms with E-state index >= 15 is 0 Å². The van der Waals surface area contributed by atoms with Gasteiger partial charge in [0.15, 0.2) is 11.5 Å². The molecule has 0 saturated heterocycles. The van der Waals surface area contributed by atoms with Crippen molar-refractivity contribution >= 4 is 27.0 Å². The van der Waals surface area contributed by atoms with Crippen molar-refractivity contribution < 1.29 is 4.42 Å². The van der Waals surface area contributed by atoms with E-state index in [1.165, 1.54) is 5.56 Å². The van der Waals surface area contributed by atoms with Crippen molar-refractivity contribution in [1.29, 1.82) is 0 Å². The van der Waals surface area contributed by atoms with Crippen LogP contribution in [0.15, 0.2) is 21.0 Å². The summed E-state index contributed by atoms with van der Waals surface area (Å²) in [5.74, 6) is 0.821. The van der Waals surface area contributed by atoms with Crippen molar-refractivity contribution in [2.24, 2.45) is 5.41 Å². The lowest BCUT2D eigenvalue weighted by Gasteiger charge is -2.14. The lowest BCUT2D eigenvalue weighted by atomic mass is 9.92. The molecule has 0 aliphatic carbocycles. The Kier molecular flexibility index (Phi) is 3.30. The zero-order chi connectivity index (χ0) is 12.6. The van der Waals surface area contributed by atoms with Gasteiger partial charge in [0.05, 0.1) is 4.47 Å². The van der Waals surface area contributed by atoms with Crippen LogP contribution < -0.4 is 0 Å². The highest BCUT2D eigenvalue weighted by Gasteiger charge is 2.17. The SMILES string of the molecule is CCc1cc(Br)c2oc(CC(C)(C)C)nc2c1. The van der Waals surface area contributed by atoms with Gasteiger partial charge in [0.25, 0.3) is 0 Å². The largest absolute Gasteiger partial charge is 0.439 e. The molecule has 2 nitrogen and oxygen atoms in total. The van der Waals surface area contributed by atoms with Crippen molar-refractivity contribution in [3.63, 3.8) is 0 Å². The number of aryl methyl sites for hydroxylation is 1. The highest BCUT2D eigenvalue weighted by atomic mass is 79.9. The van der Waals surface area contributed by atoms with Crippen molar-refractivity contribution in [1.82, 2.24) is 4.98 Å². The topological polar surface area (TPSA) is 26.0 Å². The number of fused-ring (bicyclic) bond motifs is 1. The van der Waals surface area contributed by atoms with Gasteiger partial charge in [-0.05, 0) is 45.5 Å². The maximum atomic E-state index is 5.82. The zero-order valence-corrected chi connectivity index (χ0v) is 12.4. The van der Waals surface area contributed by atoms with Gasteiger partial charge in [0.2, 0.25) is 0 Å². The number of hydrogen-bond acceptors (Lipinski definition) is 2. The molecule has 1 aromatic carbocycles. The Balaban J connectivity index is 2.46. The minimum atomic E-state index is 0.195. The van der Waals surface area contributed by atoms with Crippen LogP contribution in [0.2, 0.25) is 0 Å². The molecule has 0 fully saturated rings. The Morgan fingerprint density at radius 1 is 1.29 bits per heavy atom. The number of aromatic nitrogens is 1. The van der Waals surface area contributed by atoms with Crippen molar-refractivity contribution in [3.8, 4) is 0 Å². The summed E-state index contributed by atoms with van der Waals surface area (Å²) in [4.78, 5) is 4.57. The third kappa shape index (κ3) is 2.89. The molecule has 17 heavy (non-hydrogen) atoms. The van der Waals surface area contributed by atoms with Gasteiger partial charge in [0.1, 0.15) is 5.52 Å². The summed E-state index contributed by atoms with van der Waals surface area (Å²) in [6.45, 7) is 8.71. The predicted octanol–water partition coefficient (Wildman–Crippen LogP) is 4.74. The Bertz CT molecular complexity index is 537. The average molecular weight is 296 g/mol. The van der Waals surface area contributed by atoms with Gasteiger partial charge >= 0.3 is 0 Å². The van der Waals surface area contributed by atoms with Crippen molar-refractivity contribution in [3.05, 3.63) is 28.1 Å². The molecule has 0 atom stereocenters. The van der Waals surface area contributed by atoms with E-state index in [1.807, 2.05) is 0 Å². The summed E-state index contributed by atoms with van der Waals surface area (Å²) in [6.07, 6.45) is 1.87. The number of hydrogen-bond donors (Lipinski definition) is 0. The maximum Gasteiger partial charge on any atom is 0.196 e. The second-order valence-corrected chi connectivity index (χ2v) is 6.48. The number of benzene rings is 1. The van der Waals surface area contributed by atoms with Crippen LogP contribution in [0, 0.1) is 5.41 Å². The number of halogens is 1. The summed E-state index contributed by atoms with van der Waals surface area (Å²) in [7, 11) is 0. The van der Waals surface area contributed by atoms with E-state index < -0.39 is 0 Å². The van der Waals surface area contributed by atoms with Gasteiger partial charge < -0.3 is 4.42 Å². The van der Waals surface area contributed by atoms with Crippen LogP contribution in [0.3, 0.4) is 0 Å². The van der Waals surface area contributed by atoms with Gasteiger partial charge in [-0.2, -0.15) is 0 Å². The first-order valence-corrected chi connectivity index (χ1v) is 6.76. The van der Waals surface area contributed by atoms with Gasteiger partial charge in [-0.25, -0.2) is 4.98 Å². The zero-order valence-electron chi connectivity index (χ0n) is 10.8. The molecule has 0 aliphatic heterocycles. The predicted molar refractivity (Wildman–Crippen MR) is 74.2 cm³/mol. The highest BCUT2D eigenvalue weighted by Crippen LogP contribution is 2.29. The average Bonchev–Trinajstić information content (AvgIpc) is 2.57. The van der Waals surface area contributed by atoms with E-state index in [0.29, 0.717) is 0 Å². The molecule has 0 aliphatic rings. The molecule has 1 heterocycles. The Hall–Kier alpha value is -0.830. The molecule has 2 aromatic rings. The van der Waals surface area contributed by atoms with E-state index in [9.17, 15) is 0 Å². The lowest BCUT2D eigenvalue weighted by molar-refractivity contribution is 0.361. The number of rotatable bonds is 2. The number of oxazole rings is 1. The molecule has 0 saturated carbocycles. The Morgan fingerprint density at radius 3 is 2.59 bits per heavy atom. The first kappa shape index (κ1) is 12.6. The summed E-state index contributed by atoms with van der Waals surface area (Å²) < 4.78 is 6.82. The minimum Gasteiger partial charge on any atom is -0.439 e. The molecule has 0 amide bonds. The van der Waals surface area contributed by atoms with Gasteiger partial charge in [-0.15, -0.1) is 0 Å². The van der Waals surface area contributed by atoms with Gasteiger partial charge in [-0.1, -0.05) is 27.7 Å². The first-order chi connectivity index (χ1) is 7.89. The Morgan fingerprint density at radius 2 is 2.00 bits per heavy atom. The van der Waals surface area contributed by atoms with Crippen molar-refractivity contribution in [2.45, 2.75) is 40.5 Å². The summed E-state index contributed by atoms with van der Waals surface area (Å²) in [5.41, 5.74) is 3.29. The normalized spacial score (nSPS) is 12.3. The molecule has 3 heteroatoms. The second kappa shape index (κ2) is 4.45. The number of nitrogens with zero attached hydrogens (tertiary/aromatic N) is 1. The van der Waals surface area contributed by atoms with Crippen LogP contribution in [0.1, 0.15) is 39.1 Å². The Labute approximate surface area is 111 Å².